The van der Waals surface area contributed by atoms with Crippen LogP contribution in [0.5, 0.6) is 0 Å². The second kappa shape index (κ2) is 6.96. The van der Waals surface area contributed by atoms with Gasteiger partial charge in [-0.1, -0.05) is 0 Å². The lowest BCUT2D eigenvalue weighted by molar-refractivity contribution is -0.137. The zero-order chi connectivity index (χ0) is 14.5. The standard InChI is InChI=1S/C10H16N2O5S2/c1-12(4-2-10(14)15)19(16,17)11-6-9(13)8-3-5-18-7-8/h3,5,7,9,11,13H,2,4,6H2,1H3,(H,14,15). The second-order valence-electron chi connectivity index (χ2n) is 3.89. The maximum Gasteiger partial charge on any atom is 0.304 e. The quantitative estimate of drug-likeness (QED) is 0.628. The molecule has 1 aromatic heterocycles. The number of aliphatic hydroxyl groups is 1. The molecule has 3 N–H and O–H groups in total. The molecule has 19 heavy (non-hydrogen) atoms. The van der Waals surface area contributed by atoms with Crippen molar-refractivity contribution in [2.75, 3.05) is 20.1 Å². The van der Waals surface area contributed by atoms with Crippen LogP contribution in [0.4, 0.5) is 0 Å². The Kier molecular flexibility index (Phi) is 5.88. The van der Waals surface area contributed by atoms with Gasteiger partial charge in [-0.3, -0.25) is 4.79 Å². The number of aliphatic carboxylic acids is 1. The first-order valence-corrected chi connectivity index (χ1v) is 7.84. The Balaban J connectivity index is 2.48. The molecule has 0 spiro atoms. The van der Waals surface area contributed by atoms with E-state index in [-0.39, 0.29) is 19.5 Å². The van der Waals surface area contributed by atoms with Gasteiger partial charge in [0.05, 0.1) is 12.5 Å². The van der Waals surface area contributed by atoms with Crippen LogP contribution in [0.15, 0.2) is 16.8 Å². The monoisotopic (exact) mass is 308 g/mol. The van der Waals surface area contributed by atoms with Crippen LogP contribution < -0.4 is 4.72 Å². The summed E-state index contributed by atoms with van der Waals surface area (Å²) >= 11 is 1.41. The van der Waals surface area contributed by atoms with Crippen LogP contribution in [0.2, 0.25) is 0 Å². The molecule has 0 aromatic carbocycles. The number of nitrogens with one attached hydrogen (secondary N) is 1. The maximum absolute atomic E-state index is 11.7. The van der Waals surface area contributed by atoms with Gasteiger partial charge in [0.2, 0.25) is 0 Å². The van der Waals surface area contributed by atoms with Gasteiger partial charge in [0.25, 0.3) is 10.2 Å². The van der Waals surface area contributed by atoms with Crippen molar-refractivity contribution in [2.24, 2.45) is 0 Å². The topological polar surface area (TPSA) is 107 Å². The Morgan fingerprint density at radius 3 is 2.79 bits per heavy atom. The Morgan fingerprint density at radius 2 is 2.26 bits per heavy atom. The summed E-state index contributed by atoms with van der Waals surface area (Å²) < 4.78 is 26.6. The molecule has 0 aliphatic carbocycles. The van der Waals surface area contributed by atoms with E-state index in [4.69, 9.17) is 5.11 Å². The van der Waals surface area contributed by atoms with Crippen LogP contribution in [-0.2, 0) is 15.0 Å². The number of hydrogen-bond donors (Lipinski definition) is 3. The number of thiophene rings is 1. The molecule has 9 heteroatoms. The van der Waals surface area contributed by atoms with E-state index in [9.17, 15) is 18.3 Å². The van der Waals surface area contributed by atoms with E-state index in [0.29, 0.717) is 5.56 Å². The zero-order valence-electron chi connectivity index (χ0n) is 10.3. The Hall–Kier alpha value is -1.00. The van der Waals surface area contributed by atoms with Gasteiger partial charge in [-0.05, 0) is 22.4 Å². The van der Waals surface area contributed by atoms with Crippen LogP contribution in [0.25, 0.3) is 0 Å². The Bertz CT molecular complexity index is 500. The molecule has 108 valence electrons. The van der Waals surface area contributed by atoms with Crippen LogP contribution in [0.1, 0.15) is 18.1 Å². The lowest BCUT2D eigenvalue weighted by atomic mass is 10.2. The molecule has 0 aliphatic heterocycles. The number of rotatable bonds is 8. The average molecular weight is 308 g/mol. The lowest BCUT2D eigenvalue weighted by Crippen LogP contribution is -2.40. The highest BCUT2D eigenvalue weighted by Gasteiger charge is 2.19. The highest BCUT2D eigenvalue weighted by Crippen LogP contribution is 2.15. The van der Waals surface area contributed by atoms with E-state index in [2.05, 4.69) is 4.72 Å². The van der Waals surface area contributed by atoms with Gasteiger partial charge in [-0.15, -0.1) is 0 Å². The van der Waals surface area contributed by atoms with Crippen molar-refractivity contribution in [3.63, 3.8) is 0 Å². The SMILES string of the molecule is CN(CCC(=O)O)S(=O)(=O)NCC(O)c1ccsc1. The fourth-order valence-electron chi connectivity index (χ4n) is 1.25. The molecule has 0 amide bonds. The molecule has 1 unspecified atom stereocenters. The lowest BCUT2D eigenvalue weighted by Gasteiger charge is -2.18. The van der Waals surface area contributed by atoms with Crippen molar-refractivity contribution in [1.29, 1.82) is 0 Å². The van der Waals surface area contributed by atoms with Crippen molar-refractivity contribution in [2.45, 2.75) is 12.5 Å². The maximum atomic E-state index is 11.7. The number of nitrogens with zero attached hydrogens (tertiary/aromatic N) is 1. The third-order valence-electron chi connectivity index (χ3n) is 2.44. The number of aliphatic hydroxyl groups excluding tert-OH is 1. The van der Waals surface area contributed by atoms with Gasteiger partial charge in [0.1, 0.15) is 0 Å². The van der Waals surface area contributed by atoms with Gasteiger partial charge in [0, 0.05) is 20.1 Å². The van der Waals surface area contributed by atoms with E-state index in [1.807, 2.05) is 0 Å². The van der Waals surface area contributed by atoms with E-state index in [0.717, 1.165) is 4.31 Å². The first-order valence-electron chi connectivity index (χ1n) is 5.46. The molecule has 0 fully saturated rings. The van der Waals surface area contributed by atoms with Crippen molar-refractivity contribution >= 4 is 27.5 Å². The average Bonchev–Trinajstić information content (AvgIpc) is 2.86. The normalized spacial score (nSPS) is 13.6. The van der Waals surface area contributed by atoms with Crippen LogP contribution in [-0.4, -0.2) is 49.0 Å². The minimum Gasteiger partial charge on any atom is -0.481 e. The highest BCUT2D eigenvalue weighted by atomic mass is 32.2. The zero-order valence-corrected chi connectivity index (χ0v) is 11.9. The molecule has 0 aliphatic rings. The van der Waals surface area contributed by atoms with Gasteiger partial charge in [-0.2, -0.15) is 28.8 Å². The summed E-state index contributed by atoms with van der Waals surface area (Å²) in [4.78, 5) is 10.4. The van der Waals surface area contributed by atoms with Crippen molar-refractivity contribution in [3.8, 4) is 0 Å². The van der Waals surface area contributed by atoms with Gasteiger partial charge in [0.15, 0.2) is 0 Å². The molecular weight excluding hydrogens is 292 g/mol. The number of hydrogen-bond acceptors (Lipinski definition) is 5. The summed E-state index contributed by atoms with van der Waals surface area (Å²) in [5, 5.41) is 21.7. The molecule has 1 heterocycles. The molecular formula is C10H16N2O5S2. The van der Waals surface area contributed by atoms with E-state index >= 15 is 0 Å². The largest absolute Gasteiger partial charge is 0.481 e. The Labute approximate surface area is 115 Å². The third kappa shape index (κ3) is 5.25. The predicted molar refractivity (Wildman–Crippen MR) is 71.1 cm³/mol. The minimum absolute atomic E-state index is 0.126. The predicted octanol–water partition coefficient (Wildman–Crippen LogP) is 0.0224. The summed E-state index contributed by atoms with van der Waals surface area (Å²) in [5.41, 5.74) is 0.640. The van der Waals surface area contributed by atoms with Crippen LogP contribution in [0.3, 0.4) is 0 Å². The van der Waals surface area contributed by atoms with E-state index < -0.39 is 22.3 Å². The molecule has 7 nitrogen and oxygen atoms in total. The molecule has 0 saturated heterocycles. The fourth-order valence-corrected chi connectivity index (χ4v) is 2.88. The van der Waals surface area contributed by atoms with Gasteiger partial charge < -0.3 is 10.2 Å². The van der Waals surface area contributed by atoms with Gasteiger partial charge in [-0.25, -0.2) is 0 Å². The van der Waals surface area contributed by atoms with Gasteiger partial charge >= 0.3 is 5.97 Å². The van der Waals surface area contributed by atoms with E-state index in [1.54, 1.807) is 16.8 Å². The summed E-state index contributed by atoms with van der Waals surface area (Å²) in [7, 11) is -2.50. The molecule has 0 bridgehead atoms. The smallest absolute Gasteiger partial charge is 0.304 e. The number of carbonyl (C=O) groups is 1. The first kappa shape index (κ1) is 16.1. The molecule has 0 radical (unpaired) electrons. The molecule has 1 atom stereocenters. The minimum atomic E-state index is -3.78. The van der Waals surface area contributed by atoms with Crippen molar-refractivity contribution in [1.82, 2.24) is 9.03 Å². The third-order valence-corrected chi connectivity index (χ3v) is 4.67. The summed E-state index contributed by atoms with van der Waals surface area (Å²) in [6, 6.07) is 1.71. The van der Waals surface area contributed by atoms with Crippen LogP contribution in [0, 0.1) is 0 Å². The summed E-state index contributed by atoms with van der Waals surface area (Å²) in [5.74, 6) is -1.07. The number of carboxylic acids is 1. The van der Waals surface area contributed by atoms with E-state index in [1.165, 1.54) is 18.4 Å². The summed E-state index contributed by atoms with van der Waals surface area (Å²) in [6.45, 7) is -0.282. The van der Waals surface area contributed by atoms with Crippen molar-refractivity contribution in [3.05, 3.63) is 22.4 Å². The fraction of sp³-hybridized carbons (Fsp3) is 0.500. The molecule has 1 aromatic rings. The number of carboxylic acid groups (broad SMARTS) is 1. The van der Waals surface area contributed by atoms with Crippen LogP contribution >= 0.6 is 11.3 Å². The molecule has 0 saturated carbocycles. The Morgan fingerprint density at radius 1 is 1.58 bits per heavy atom. The first-order chi connectivity index (χ1) is 8.83. The summed E-state index contributed by atoms with van der Waals surface area (Å²) in [6.07, 6.45) is -1.20. The molecule has 1 rings (SSSR count). The van der Waals surface area contributed by atoms with Crippen molar-refractivity contribution < 1.29 is 23.4 Å². The highest BCUT2D eigenvalue weighted by molar-refractivity contribution is 7.87. The second-order valence-corrected chi connectivity index (χ2v) is 6.53.